The van der Waals surface area contributed by atoms with Gasteiger partial charge >= 0.3 is 24.2 Å². The molecule has 63 heavy (non-hydrogen) atoms. The lowest BCUT2D eigenvalue weighted by Crippen LogP contribution is -2.41. The number of ether oxygens (including phenoxy) is 2. The van der Waals surface area contributed by atoms with E-state index >= 15 is 0 Å². The van der Waals surface area contributed by atoms with E-state index in [1.807, 2.05) is 5.32 Å². The summed E-state index contributed by atoms with van der Waals surface area (Å²) in [5, 5.41) is 22.8. The van der Waals surface area contributed by atoms with E-state index in [4.69, 9.17) is 77.6 Å². The summed E-state index contributed by atoms with van der Waals surface area (Å²) < 4.78 is 83.1. The molecule has 4 aromatic heterocycles. The van der Waals surface area contributed by atoms with Crippen molar-refractivity contribution in [1.82, 2.24) is 30.6 Å². The lowest BCUT2D eigenvalue weighted by atomic mass is 10.2. The molecule has 0 aliphatic carbocycles. The van der Waals surface area contributed by atoms with Crippen molar-refractivity contribution in [3.8, 4) is 0 Å². The minimum atomic E-state index is -5.00. The van der Waals surface area contributed by atoms with Gasteiger partial charge in [0.25, 0.3) is 0 Å². The van der Waals surface area contributed by atoms with Crippen LogP contribution in [-0.4, -0.2) is 94.0 Å². The highest BCUT2D eigenvalue weighted by Crippen LogP contribution is 2.21. The number of nitrogens with two attached hydrogens (primary N) is 2. The molecule has 4 heterocycles. The number of aliphatic hydroxyl groups is 2. The van der Waals surface area contributed by atoms with Crippen molar-refractivity contribution in [2.24, 2.45) is 11.5 Å². The third kappa shape index (κ3) is 24.5. The van der Waals surface area contributed by atoms with Crippen molar-refractivity contribution in [3.63, 3.8) is 0 Å². The number of nitrogens with one attached hydrogen (secondary N) is 2. The summed E-state index contributed by atoms with van der Waals surface area (Å²) in [6, 6.07) is 9.67. The summed E-state index contributed by atoms with van der Waals surface area (Å²) in [6.45, 7) is 7.07. The van der Waals surface area contributed by atoms with E-state index in [2.05, 4.69) is 33.1 Å². The quantitative estimate of drug-likeness (QED) is 0.0373. The molecule has 0 aromatic carbocycles. The predicted octanol–water partition coefficient (Wildman–Crippen LogP) is 7.19. The second kappa shape index (κ2) is 30.8. The number of aliphatic hydroxyl groups excluding tert-OH is 2. The Morgan fingerprint density at radius 1 is 0.603 bits per heavy atom. The average Bonchev–Trinajstić information content (AvgIpc) is 3.23. The molecule has 0 aliphatic heterocycles. The van der Waals surface area contributed by atoms with Crippen molar-refractivity contribution in [1.29, 1.82) is 0 Å². The Morgan fingerprint density at radius 3 is 1.25 bits per heavy atom. The van der Waals surface area contributed by atoms with Gasteiger partial charge in [-0.3, -0.25) is 29.5 Å². The number of nitrogens with zero attached hydrogens (tertiary/aromatic N) is 4. The summed E-state index contributed by atoms with van der Waals surface area (Å²) in [6.07, 6.45) is -1.28. The molecule has 8 N–H and O–H groups in total. The highest BCUT2D eigenvalue weighted by atomic mass is 35.5. The first-order chi connectivity index (χ1) is 29.2. The summed E-state index contributed by atoms with van der Waals surface area (Å²) in [5.74, 6) is -4.19. The summed E-state index contributed by atoms with van der Waals surface area (Å²) in [7, 11) is 0. The van der Waals surface area contributed by atoms with Crippen molar-refractivity contribution in [3.05, 3.63) is 141 Å². The molecule has 2 amide bonds. The van der Waals surface area contributed by atoms with Crippen molar-refractivity contribution in [2.45, 2.75) is 36.5 Å². The van der Waals surface area contributed by atoms with Crippen LogP contribution in [0.1, 0.15) is 46.9 Å². The maximum atomic E-state index is 12.3. The molecule has 0 fully saturated rings. The van der Waals surface area contributed by atoms with Gasteiger partial charge in [-0.25, -0.2) is 0 Å². The fraction of sp³-hybridized carbons (Fsp3) is 0.316. The fourth-order valence-corrected chi connectivity index (χ4v) is 4.47. The first kappa shape index (κ1) is 58.8. The number of halogens is 11. The molecule has 0 bridgehead atoms. The SMILES string of the molecule is C=CCOC[C@H](N)c1ccc(Cl)cn1.C=CCOC[C@H](NC(=O)C(F)(F)F)c1ccc(Cl)cn1.Cl.N[C@@H](CO)c1ccc(Cl)cn1.O=C(N[C@@H](CO)c1ccc(Cl)cn1)C(F)(F)F. The van der Waals surface area contributed by atoms with Crippen LogP contribution in [0.5, 0.6) is 0 Å². The highest BCUT2D eigenvalue weighted by molar-refractivity contribution is 6.31. The van der Waals surface area contributed by atoms with Crippen LogP contribution in [0.15, 0.2) is 98.6 Å². The molecule has 348 valence electrons. The number of carbonyl (C=O) groups excluding carboxylic acids is 2. The zero-order valence-corrected chi connectivity index (χ0v) is 36.5. The van der Waals surface area contributed by atoms with Crippen molar-refractivity contribution >= 4 is 70.6 Å². The molecule has 4 atom stereocenters. The molecule has 4 aromatic rings. The fourth-order valence-electron chi connectivity index (χ4n) is 4.02. The van der Waals surface area contributed by atoms with Crippen LogP contribution in [0.4, 0.5) is 26.3 Å². The molecular formula is C38H43Cl5F6N8O6. The molecule has 14 nitrogen and oxygen atoms in total. The topological polar surface area (TPSA) is 221 Å². The Bertz CT molecular complexity index is 1930. The summed E-state index contributed by atoms with van der Waals surface area (Å²) in [5.41, 5.74) is 13.0. The van der Waals surface area contributed by atoms with Gasteiger partial charge in [-0.1, -0.05) is 58.6 Å². The van der Waals surface area contributed by atoms with E-state index < -0.39 is 48.9 Å². The third-order valence-electron chi connectivity index (χ3n) is 7.03. The van der Waals surface area contributed by atoms with Crippen LogP contribution in [0.2, 0.25) is 20.1 Å². The van der Waals surface area contributed by atoms with Gasteiger partial charge in [0.05, 0.1) is 107 Å². The Morgan fingerprint density at radius 2 is 0.937 bits per heavy atom. The van der Waals surface area contributed by atoms with Crippen LogP contribution in [0.25, 0.3) is 0 Å². The minimum Gasteiger partial charge on any atom is -0.394 e. The molecule has 0 radical (unpaired) electrons. The second-order valence-electron chi connectivity index (χ2n) is 11.9. The Labute approximate surface area is 384 Å². The number of hydrogen-bond acceptors (Lipinski definition) is 12. The Balaban J connectivity index is 0.000000826. The van der Waals surface area contributed by atoms with Crippen molar-refractivity contribution in [2.75, 3.05) is 39.6 Å². The smallest absolute Gasteiger partial charge is 0.394 e. The zero-order valence-electron chi connectivity index (χ0n) is 32.7. The van der Waals surface area contributed by atoms with Gasteiger partial charge in [-0.2, -0.15) is 26.3 Å². The van der Waals surface area contributed by atoms with Gasteiger partial charge < -0.3 is 41.8 Å². The molecule has 0 saturated carbocycles. The molecule has 0 aliphatic rings. The Kier molecular flexibility index (Phi) is 28.8. The largest absolute Gasteiger partial charge is 0.471 e. The second-order valence-corrected chi connectivity index (χ2v) is 13.6. The Hall–Kier alpha value is -4.19. The van der Waals surface area contributed by atoms with Crippen LogP contribution >= 0.6 is 58.8 Å². The lowest BCUT2D eigenvalue weighted by molar-refractivity contribution is -0.174. The average molecular weight is 999 g/mol. The molecule has 0 spiro atoms. The molecule has 0 unspecified atom stereocenters. The van der Waals surface area contributed by atoms with Gasteiger partial charge in [-0.05, 0) is 48.5 Å². The van der Waals surface area contributed by atoms with Gasteiger partial charge in [0.1, 0.15) is 0 Å². The van der Waals surface area contributed by atoms with E-state index in [0.29, 0.717) is 39.0 Å². The predicted molar refractivity (Wildman–Crippen MR) is 228 cm³/mol. The molecule has 4 rings (SSSR count). The van der Waals surface area contributed by atoms with Crippen LogP contribution in [0.3, 0.4) is 0 Å². The first-order valence-corrected chi connectivity index (χ1v) is 19.0. The van der Waals surface area contributed by atoms with Gasteiger partial charge in [0, 0.05) is 24.8 Å². The van der Waals surface area contributed by atoms with Crippen LogP contribution in [0, 0.1) is 0 Å². The number of hydrogen-bond donors (Lipinski definition) is 6. The van der Waals surface area contributed by atoms with Crippen LogP contribution in [-0.2, 0) is 19.1 Å². The highest BCUT2D eigenvalue weighted by Gasteiger charge is 2.41. The monoisotopic (exact) mass is 996 g/mol. The maximum absolute atomic E-state index is 12.3. The van der Waals surface area contributed by atoms with E-state index in [9.17, 15) is 35.9 Å². The molecule has 25 heteroatoms. The van der Waals surface area contributed by atoms with Crippen LogP contribution < -0.4 is 22.1 Å². The van der Waals surface area contributed by atoms with E-state index in [1.54, 1.807) is 41.9 Å². The first-order valence-electron chi connectivity index (χ1n) is 17.5. The number of amides is 2. The van der Waals surface area contributed by atoms with Gasteiger partial charge in [0.2, 0.25) is 0 Å². The van der Waals surface area contributed by atoms with E-state index in [0.717, 1.165) is 5.69 Å². The minimum absolute atomic E-state index is 0. The van der Waals surface area contributed by atoms with Gasteiger partial charge in [0.15, 0.2) is 0 Å². The number of pyridine rings is 4. The van der Waals surface area contributed by atoms with Crippen molar-refractivity contribution < 1.29 is 55.6 Å². The third-order valence-corrected chi connectivity index (χ3v) is 7.93. The maximum Gasteiger partial charge on any atom is 0.471 e. The number of carbonyl (C=O) groups is 2. The number of aromatic nitrogens is 4. The van der Waals surface area contributed by atoms with Gasteiger partial charge in [-0.15, -0.1) is 25.6 Å². The summed E-state index contributed by atoms with van der Waals surface area (Å²) in [4.78, 5) is 37.3. The number of rotatable bonds is 16. The van der Waals surface area contributed by atoms with E-state index in [1.165, 1.54) is 48.9 Å². The lowest BCUT2D eigenvalue weighted by Gasteiger charge is -2.19. The van der Waals surface area contributed by atoms with E-state index in [-0.39, 0.29) is 49.7 Å². The number of alkyl halides is 6. The zero-order chi connectivity index (χ0) is 46.9. The standard InChI is InChI=1S/C12H12ClF3N2O2.C10H13ClN2O.C9H8ClF3N2O2.C7H9ClN2O.ClH/c1-2-5-20-7-10(18-11(19)12(14,15)16)9-4-3-8(13)6-17-9;1-2-5-14-7-9(12)10-4-3-8(11)6-13-10;10-5-1-2-6(14-3-5)7(4-16)15-8(17)9(11,12)13;8-5-1-2-7(10-3-5)6(9)4-11;/h2-4,6,10H,1,5,7H2,(H,18,19);2-4,6,9H,1,5,7,12H2;1-3,7,16H,4H2,(H,15,17);1-3,6,11H,4,9H2;1H/t10-;9-;7-;6-;/m0000./s1. The molecular weight excluding hydrogens is 956 g/mol. The molecule has 0 saturated heterocycles. The normalized spacial score (nSPS) is 12.7. The summed E-state index contributed by atoms with van der Waals surface area (Å²) >= 11 is 22.5.